The Kier molecular flexibility index (Phi) is 42.4. The summed E-state index contributed by atoms with van der Waals surface area (Å²) in [5.74, 6) is -22.3. The quantitative estimate of drug-likeness (QED) is 0.0163. The lowest BCUT2D eigenvalue weighted by atomic mass is 9.95. The van der Waals surface area contributed by atoms with Crippen LogP contribution in [0.4, 0.5) is 26.3 Å². The highest BCUT2D eigenvalue weighted by Crippen LogP contribution is 2.25. The zero-order valence-electron chi connectivity index (χ0n) is 63.1. The van der Waals surface area contributed by atoms with Gasteiger partial charge in [0.1, 0.15) is 48.3 Å². The third-order valence-electron chi connectivity index (χ3n) is 16.2. The van der Waals surface area contributed by atoms with E-state index in [1.54, 1.807) is 71.9 Å². The molecule has 0 bridgehead atoms. The highest BCUT2D eigenvalue weighted by molar-refractivity contribution is 6.00. The Morgan fingerprint density at radius 1 is 0.595 bits per heavy atom. The molecule has 111 heavy (non-hydrogen) atoms. The topological polar surface area (TPSA) is 592 Å². The number of guanidine groups is 1. The molecule has 2 aromatic carbocycles. The van der Waals surface area contributed by atoms with Crippen molar-refractivity contribution >= 4 is 88.8 Å². The van der Waals surface area contributed by atoms with E-state index in [1.165, 1.54) is 44.2 Å². The van der Waals surface area contributed by atoms with E-state index in [4.69, 9.17) is 41.7 Å². The summed E-state index contributed by atoms with van der Waals surface area (Å²) >= 11 is 0. The number of rotatable bonds is 25. The number of hydrogen-bond donors (Lipinski definition) is 20. The Bertz CT molecular complexity index is 3420. The fourth-order valence-electron chi connectivity index (χ4n) is 10.1. The number of aliphatic carboxylic acids is 2. The lowest BCUT2D eigenvalue weighted by Gasteiger charge is -2.34. The van der Waals surface area contributed by atoms with Crippen molar-refractivity contribution in [2.24, 2.45) is 51.8 Å². The molecule has 2 aromatic rings. The first-order valence-electron chi connectivity index (χ1n) is 35.1. The van der Waals surface area contributed by atoms with E-state index in [9.17, 15) is 99.5 Å². The molecule has 23 N–H and O–H groups in total. The predicted molar refractivity (Wildman–Crippen MR) is 383 cm³/mol. The highest BCUT2D eigenvalue weighted by Gasteiger charge is 2.45. The van der Waals surface area contributed by atoms with Crippen LogP contribution in [0.1, 0.15) is 132 Å². The maximum atomic E-state index is 15.5. The van der Waals surface area contributed by atoms with E-state index < -0.39 is 205 Å². The molecule has 0 aliphatic carbocycles. The van der Waals surface area contributed by atoms with Crippen molar-refractivity contribution in [1.82, 2.24) is 58.5 Å². The number of nitrogens with zero attached hydrogens (tertiary/aromatic N) is 1. The number of ether oxygens (including phenoxy) is 1. The van der Waals surface area contributed by atoms with Crippen molar-refractivity contribution in [3.63, 3.8) is 0 Å². The van der Waals surface area contributed by atoms with Gasteiger partial charge in [0, 0.05) is 13.1 Å². The number of cyclic esters (lactones) is 1. The smallest absolute Gasteiger partial charge is 0.475 e. The minimum atomic E-state index is -5.08. The Morgan fingerprint density at radius 3 is 1.57 bits per heavy atom. The summed E-state index contributed by atoms with van der Waals surface area (Å²) in [7, 11) is 0. The molecule has 36 nitrogen and oxygen atoms in total. The third kappa shape index (κ3) is 35.9. The van der Waals surface area contributed by atoms with E-state index in [-0.39, 0.29) is 80.9 Å². The average molecular weight is 1590 g/mol. The summed E-state index contributed by atoms with van der Waals surface area (Å²) in [5.41, 5.74) is 17.9. The van der Waals surface area contributed by atoms with Gasteiger partial charge in [-0.2, -0.15) is 26.3 Å². The molecular weight excluding hydrogens is 1490 g/mol. The maximum absolute atomic E-state index is 15.5. The van der Waals surface area contributed by atoms with Crippen molar-refractivity contribution in [2.75, 3.05) is 19.7 Å². The van der Waals surface area contributed by atoms with Gasteiger partial charge in [-0.05, 0) is 79.7 Å². The summed E-state index contributed by atoms with van der Waals surface area (Å²) in [6.45, 7) is 15.2. The number of carbonyl (C=O) groups is 14. The monoisotopic (exact) mass is 1590 g/mol. The Labute approximate surface area is 635 Å². The van der Waals surface area contributed by atoms with E-state index in [0.717, 1.165) is 6.92 Å². The van der Waals surface area contributed by atoms with Gasteiger partial charge in [0.05, 0.1) is 31.4 Å². The van der Waals surface area contributed by atoms with Crippen molar-refractivity contribution in [3.8, 4) is 0 Å². The fourth-order valence-corrected chi connectivity index (χ4v) is 10.1. The lowest BCUT2D eigenvalue weighted by Crippen LogP contribution is -2.64. The molecule has 1 aliphatic rings. The number of aliphatic hydroxyl groups excluding tert-OH is 4. The molecule has 1 heterocycles. The molecule has 0 aromatic heterocycles. The van der Waals surface area contributed by atoms with Crippen LogP contribution in [-0.4, -0.2) is 230 Å². The Hall–Kier alpha value is -10.3. The average Bonchev–Trinajstić information content (AvgIpc) is 0.807. The molecular formula is C69H105F6N15O21. The number of halogens is 6. The van der Waals surface area contributed by atoms with Crippen LogP contribution in [0.15, 0.2) is 65.7 Å². The van der Waals surface area contributed by atoms with Crippen LogP contribution in [0.2, 0.25) is 0 Å². The number of carboxylic acid groups (broad SMARTS) is 2. The van der Waals surface area contributed by atoms with Crippen molar-refractivity contribution in [3.05, 3.63) is 71.8 Å². The molecule has 42 heteroatoms. The van der Waals surface area contributed by atoms with Gasteiger partial charge in [-0.15, -0.1) is 0 Å². The maximum Gasteiger partial charge on any atom is 0.490 e. The zero-order valence-corrected chi connectivity index (χ0v) is 63.1. The van der Waals surface area contributed by atoms with Crippen LogP contribution >= 0.6 is 0 Å². The molecule has 0 radical (unpaired) electrons. The largest absolute Gasteiger partial charge is 0.490 e. The first-order valence-corrected chi connectivity index (χ1v) is 35.1. The first kappa shape index (κ1) is 98.7. The lowest BCUT2D eigenvalue weighted by molar-refractivity contribution is -0.193. The minimum absolute atomic E-state index is 0.0456. The summed E-state index contributed by atoms with van der Waals surface area (Å²) in [5, 5.41) is 86.4. The fraction of sp³-hybridized carbons (Fsp3) is 0.609. The Morgan fingerprint density at radius 2 is 1.08 bits per heavy atom. The standard InChI is InChI=1S/C65H103N15O17.2C2HF3O2/c1-12-36(10)46-59(91)78-47(37(11)82)58(90)71-30-45(83)76-49(52(85)63(95)70-29-38-20-15-13-16-21-38)61(93)75-44(31-81)64(96)97-53(39-22-17-14-18-23-39)50(80-57(89)43(28-34(6)7)73-54(86)40(66)26-32(2)3)62(94)79-48(51(84)35(8)9)60(92)74-42(27-33(4)5)56(88)72-41(55(87)77-46)24-19-25-69-65(67)68;2*3-2(4,5)1(6)7/h13-18,20-23,32-37,40-44,46-53,81-82,84-85H,12,19,24-31,66H2,1-11H3,(H,70,95)(H,71,90)(H,72,88)(H,73,86)(H,74,92)(H,75,93)(H,76,83)(H,77,87)(H,78,91)(H,79,94)(H,80,89)(H4,67,68,69);2*(H,6,7)/t36-,37-,40+,41+,42-,43-,44-,46-,47-,48-,49-,50-,51+,52-,53+;;/m0../s1. The number of hydrogen-bond acceptors (Lipinski definition) is 21. The van der Waals surface area contributed by atoms with Crippen LogP contribution in [-0.2, 0) is 78.4 Å². The number of nitrogens with one attached hydrogen (secondary N) is 11. The van der Waals surface area contributed by atoms with Crippen molar-refractivity contribution in [1.29, 1.82) is 0 Å². The van der Waals surface area contributed by atoms with Crippen LogP contribution in [0.3, 0.4) is 0 Å². The van der Waals surface area contributed by atoms with Gasteiger partial charge in [0.25, 0.3) is 5.91 Å². The molecule has 0 unspecified atom stereocenters. The molecule has 1 fully saturated rings. The summed E-state index contributed by atoms with van der Waals surface area (Å²) in [6.07, 6.45) is -18.2. The van der Waals surface area contributed by atoms with E-state index in [0.29, 0.717) is 5.56 Å². The molecule has 11 amide bonds. The SMILES string of the molecule is CC[C@H](C)[C@@H]1NC(=O)[C@@H](CCCN=C(N)N)NC(=O)[C@H](CC(C)C)NC(=O)[C@H]([C@H](O)C(C)C)NC(=O)[C@@H](NC(=O)[C@H](CC(C)C)NC(=O)[C@H](N)CC(C)C)[C@@H](c2ccccc2)OC(=O)[C@H](CO)NC(=O)[C@H]([C@H](O)C(=O)NCc2ccccc2)NC(=O)CNC(=O)[C@H]([C@H](C)O)NC1=O.O=C(O)C(F)(F)F.O=C(O)C(F)(F)F. The number of nitrogens with two attached hydrogens (primary N) is 3. The van der Waals surface area contributed by atoms with Gasteiger partial charge < -0.3 is 111 Å². The number of benzene rings is 2. The van der Waals surface area contributed by atoms with Gasteiger partial charge in [0.2, 0.25) is 59.1 Å². The van der Waals surface area contributed by atoms with E-state index >= 15 is 4.79 Å². The molecule has 3 rings (SSSR count). The molecule has 0 saturated carbocycles. The van der Waals surface area contributed by atoms with Crippen molar-refractivity contribution in [2.45, 2.75) is 218 Å². The van der Waals surface area contributed by atoms with Crippen LogP contribution in [0.5, 0.6) is 0 Å². The van der Waals surface area contributed by atoms with Crippen molar-refractivity contribution < 1.29 is 129 Å². The number of aliphatic imine (C=N–C) groups is 1. The molecule has 1 aliphatic heterocycles. The Balaban J connectivity index is 0.00000399. The van der Waals surface area contributed by atoms with E-state index in [1.807, 2.05) is 13.8 Å². The second-order valence-electron chi connectivity index (χ2n) is 27.5. The normalized spacial score (nSPS) is 22.1. The summed E-state index contributed by atoms with van der Waals surface area (Å²) < 4.78 is 69.5. The van der Waals surface area contributed by atoms with Gasteiger partial charge in [-0.25, -0.2) is 14.4 Å². The molecule has 624 valence electrons. The first-order chi connectivity index (χ1) is 51.5. The second-order valence-corrected chi connectivity index (χ2v) is 27.5. The molecule has 15 atom stereocenters. The number of carboxylic acids is 2. The third-order valence-corrected chi connectivity index (χ3v) is 16.2. The van der Waals surface area contributed by atoms with Gasteiger partial charge in [-0.1, -0.05) is 136 Å². The second kappa shape index (κ2) is 47.7. The number of aliphatic hydroxyl groups is 4. The summed E-state index contributed by atoms with van der Waals surface area (Å²) in [6, 6.07) is -2.43. The van der Waals surface area contributed by atoms with Crippen LogP contribution < -0.4 is 75.7 Å². The number of amides is 11. The minimum Gasteiger partial charge on any atom is -0.475 e. The van der Waals surface area contributed by atoms with Gasteiger partial charge in [0.15, 0.2) is 24.2 Å². The molecule has 1 saturated heterocycles. The van der Waals surface area contributed by atoms with Gasteiger partial charge in [-0.3, -0.25) is 57.7 Å². The predicted octanol–water partition coefficient (Wildman–Crippen LogP) is -2.34. The number of alkyl halides is 6. The molecule has 0 spiro atoms. The highest BCUT2D eigenvalue weighted by atomic mass is 19.4. The van der Waals surface area contributed by atoms with E-state index in [2.05, 4.69) is 63.5 Å². The van der Waals surface area contributed by atoms with Crippen LogP contribution in [0.25, 0.3) is 0 Å². The number of carbonyl (C=O) groups excluding carboxylic acids is 12. The van der Waals surface area contributed by atoms with Crippen LogP contribution in [0, 0.1) is 29.6 Å². The number of esters is 1. The zero-order chi connectivity index (χ0) is 85.1. The van der Waals surface area contributed by atoms with Gasteiger partial charge >= 0.3 is 30.3 Å². The summed E-state index contributed by atoms with van der Waals surface area (Å²) in [4.78, 5) is 195.